The average molecular weight is 743 g/mol. The molecule has 20 heteroatoms. The van der Waals surface area contributed by atoms with E-state index < -0.39 is 122 Å². The largest absolute Gasteiger partial charge is 0.508 e. The number of hydrogen-bond donors (Lipinski definition) is 1. The molecule has 4 aromatic carbocycles. The Morgan fingerprint density at radius 3 is 0.680 bits per heavy atom. The molecule has 0 aliphatic carbocycles. The van der Waals surface area contributed by atoms with Crippen molar-refractivity contribution in [1.82, 2.24) is 0 Å². The van der Waals surface area contributed by atoms with Crippen LogP contribution in [0.2, 0.25) is 0 Å². The van der Waals surface area contributed by atoms with E-state index >= 15 is 0 Å². The number of benzene rings is 4. The van der Waals surface area contributed by atoms with Crippen LogP contribution in [0.3, 0.4) is 0 Å². The van der Waals surface area contributed by atoms with Crippen molar-refractivity contribution >= 4 is 28.0 Å². The van der Waals surface area contributed by atoms with E-state index in [1.807, 2.05) is 0 Å². The molecule has 0 fully saturated rings. The Hall–Kier alpha value is -4.52. The summed E-state index contributed by atoms with van der Waals surface area (Å²) in [5.74, 6) is -0.793. The van der Waals surface area contributed by atoms with Crippen molar-refractivity contribution in [2.45, 2.75) is 37.1 Å². The molecule has 1 N–H and O–H groups in total. The molecule has 1 nitrogen and oxygen atoms in total. The molecule has 4 aromatic rings. The number of alkyl halides is 18. The summed E-state index contributed by atoms with van der Waals surface area (Å²) in [5.41, 5.74) is -19.3. The Morgan fingerprint density at radius 1 is 0.300 bits per heavy atom. The molecule has 0 aliphatic rings. The first kappa shape index (κ1) is 38.3. The molecule has 0 bridgehead atoms. The zero-order valence-corrected chi connectivity index (χ0v) is 23.8. The van der Waals surface area contributed by atoms with E-state index in [0.29, 0.717) is 24.3 Å². The monoisotopic (exact) mass is 743 g/mol. The Bertz CT molecular complexity index is 1600. The van der Waals surface area contributed by atoms with Gasteiger partial charge in [0.25, 0.3) is 0 Å². The highest BCUT2D eigenvalue weighted by atomic mass is 19.4. The molecule has 0 spiro atoms. The van der Waals surface area contributed by atoms with Crippen molar-refractivity contribution in [2.24, 2.45) is 0 Å². The van der Waals surface area contributed by atoms with Gasteiger partial charge >= 0.3 is 37.1 Å². The molecule has 0 saturated heterocycles. The SMILES string of the molecule is Oc1ccc([B-](c2cc(C(F)(F)F)cc(C(F)(F)F)c2)(c2cc(C(F)(F)F)cc(C(F)(F)F)c2)c2cc(C(F)(F)F)cc(C(F)(F)F)c2)cc1. The summed E-state index contributed by atoms with van der Waals surface area (Å²) in [4.78, 5) is 0. The first-order valence-electron chi connectivity index (χ1n) is 13.3. The fourth-order valence-electron chi connectivity index (χ4n) is 5.60. The van der Waals surface area contributed by atoms with Crippen molar-refractivity contribution in [1.29, 1.82) is 0 Å². The van der Waals surface area contributed by atoms with Gasteiger partial charge in [-0.25, -0.2) is 0 Å². The second-order valence-electron chi connectivity index (χ2n) is 11.0. The van der Waals surface area contributed by atoms with Crippen molar-refractivity contribution in [3.8, 4) is 5.75 Å². The number of aromatic hydroxyl groups is 1. The number of phenolic OH excluding ortho intramolecular Hbond substituents is 1. The minimum Gasteiger partial charge on any atom is -0.508 e. The van der Waals surface area contributed by atoms with E-state index in [4.69, 9.17) is 0 Å². The number of halogens is 18. The van der Waals surface area contributed by atoms with E-state index in [2.05, 4.69) is 0 Å². The third-order valence-corrected chi connectivity index (χ3v) is 7.72. The van der Waals surface area contributed by atoms with Gasteiger partial charge in [-0.2, -0.15) is 101 Å². The van der Waals surface area contributed by atoms with Crippen LogP contribution in [0.15, 0.2) is 78.9 Å². The zero-order chi connectivity index (χ0) is 38.0. The molecule has 270 valence electrons. The van der Waals surface area contributed by atoms with E-state index in [1.54, 1.807) is 0 Å². The normalized spacial score (nSPS) is 13.9. The molecule has 0 atom stereocenters. The average Bonchev–Trinajstić information content (AvgIpc) is 2.95. The Kier molecular flexibility index (Phi) is 9.24. The highest BCUT2D eigenvalue weighted by molar-refractivity contribution is 7.20. The smallest absolute Gasteiger partial charge is 0.416 e. The lowest BCUT2D eigenvalue weighted by Crippen LogP contribution is -2.75. The highest BCUT2D eigenvalue weighted by Crippen LogP contribution is 2.39. The van der Waals surface area contributed by atoms with Crippen LogP contribution >= 0.6 is 0 Å². The maximum Gasteiger partial charge on any atom is 0.416 e. The standard InChI is InChI=1S/C30H14BF18O/c32-25(33,34)14-5-15(26(35,36)37)9-21(8-14)31(20-1-3-24(50)4-2-20,22-10-16(27(38,39)40)6-17(11-22)28(41,42)43)23-12-18(29(44,45)46)7-19(13-23)30(47,48)49/h1-13,50H/q-1. The van der Waals surface area contributed by atoms with Gasteiger partial charge in [0, 0.05) is 0 Å². The number of rotatable bonds is 4. The van der Waals surface area contributed by atoms with Crippen molar-refractivity contribution in [3.05, 3.63) is 112 Å². The molecular formula is C30H14BF18O-. The van der Waals surface area contributed by atoms with Crippen LogP contribution in [0.25, 0.3) is 0 Å². The maximum absolute atomic E-state index is 14.1. The molecule has 0 amide bonds. The van der Waals surface area contributed by atoms with Crippen LogP contribution in [-0.4, -0.2) is 11.3 Å². The second-order valence-corrected chi connectivity index (χ2v) is 11.0. The minimum absolute atomic E-state index is 0.233. The zero-order valence-electron chi connectivity index (χ0n) is 23.8. The topological polar surface area (TPSA) is 20.2 Å². The van der Waals surface area contributed by atoms with Crippen molar-refractivity contribution in [3.63, 3.8) is 0 Å². The van der Waals surface area contributed by atoms with Crippen molar-refractivity contribution < 1.29 is 84.1 Å². The summed E-state index contributed by atoms with van der Waals surface area (Å²) in [6.07, 6.45) is -39.4. The van der Waals surface area contributed by atoms with Crippen LogP contribution < -0.4 is 21.9 Å². The van der Waals surface area contributed by atoms with Gasteiger partial charge in [-0.15, -0.1) is 0 Å². The van der Waals surface area contributed by atoms with E-state index in [-0.39, 0.29) is 36.4 Å². The number of hydrogen-bond acceptors (Lipinski definition) is 1. The molecule has 0 saturated carbocycles. The van der Waals surface area contributed by atoms with Gasteiger partial charge in [0.2, 0.25) is 0 Å². The van der Waals surface area contributed by atoms with Gasteiger partial charge < -0.3 is 5.11 Å². The summed E-state index contributed by atoms with van der Waals surface area (Å²) >= 11 is 0. The van der Waals surface area contributed by atoms with E-state index in [1.165, 1.54) is 0 Å². The van der Waals surface area contributed by atoms with Crippen LogP contribution in [0.5, 0.6) is 5.75 Å². The number of phenols is 1. The maximum atomic E-state index is 14.1. The van der Waals surface area contributed by atoms with E-state index in [0.717, 1.165) is 0 Å². The Morgan fingerprint density at radius 2 is 0.500 bits per heavy atom. The molecule has 0 aliphatic heterocycles. The third kappa shape index (κ3) is 7.62. The van der Waals surface area contributed by atoms with Crippen LogP contribution in [-0.2, 0) is 37.1 Å². The first-order chi connectivity index (χ1) is 22.4. The Labute approximate surface area is 267 Å². The van der Waals surface area contributed by atoms with Gasteiger partial charge in [-0.1, -0.05) is 48.5 Å². The highest BCUT2D eigenvalue weighted by Gasteiger charge is 2.45. The lowest BCUT2D eigenvalue weighted by molar-refractivity contribution is -0.144. The molecule has 50 heavy (non-hydrogen) atoms. The summed E-state index contributed by atoms with van der Waals surface area (Å²) in [6, 6.07) is -0.856. The first-order valence-corrected chi connectivity index (χ1v) is 13.3. The van der Waals surface area contributed by atoms with Crippen LogP contribution in [0.1, 0.15) is 33.4 Å². The summed E-state index contributed by atoms with van der Waals surface area (Å²) in [6.45, 7) is 0. The lowest BCUT2D eigenvalue weighted by Gasteiger charge is -2.46. The van der Waals surface area contributed by atoms with Gasteiger partial charge in [0.15, 0.2) is 0 Å². The van der Waals surface area contributed by atoms with Gasteiger partial charge in [-0.05, 0) is 30.3 Å². The predicted octanol–water partition coefficient (Wildman–Crippen LogP) is 8.88. The molecule has 0 unspecified atom stereocenters. The minimum atomic E-state index is -5.78. The summed E-state index contributed by atoms with van der Waals surface area (Å²) in [5, 5.41) is 9.85. The fraction of sp³-hybridized carbons (Fsp3) is 0.200. The van der Waals surface area contributed by atoms with Gasteiger partial charge in [0.1, 0.15) is 11.9 Å². The molecule has 4 rings (SSSR count). The van der Waals surface area contributed by atoms with Gasteiger partial charge in [0.05, 0.1) is 33.4 Å². The van der Waals surface area contributed by atoms with E-state index in [9.17, 15) is 84.1 Å². The van der Waals surface area contributed by atoms with Gasteiger partial charge in [-0.3, -0.25) is 0 Å². The lowest BCUT2D eigenvalue weighted by atomic mass is 9.12. The van der Waals surface area contributed by atoms with Crippen LogP contribution in [0.4, 0.5) is 79.0 Å². The predicted molar refractivity (Wildman–Crippen MR) is 142 cm³/mol. The molecular weight excluding hydrogens is 729 g/mol. The third-order valence-electron chi connectivity index (χ3n) is 7.72. The fourth-order valence-corrected chi connectivity index (χ4v) is 5.60. The summed E-state index contributed by atoms with van der Waals surface area (Å²) in [7, 11) is 0. The van der Waals surface area contributed by atoms with Crippen LogP contribution in [0, 0.1) is 0 Å². The summed E-state index contributed by atoms with van der Waals surface area (Å²) < 4.78 is 253. The Balaban J connectivity index is 2.47. The second kappa shape index (κ2) is 12.1. The molecule has 0 heterocycles. The van der Waals surface area contributed by atoms with Crippen molar-refractivity contribution in [2.75, 3.05) is 0 Å². The quantitative estimate of drug-likeness (QED) is 0.164. The molecule has 0 radical (unpaired) electrons. The molecule has 0 aromatic heterocycles.